The molecule has 3 heteroatoms. The summed E-state index contributed by atoms with van der Waals surface area (Å²) in [6.07, 6.45) is 3.55. The Kier molecular flexibility index (Phi) is 3.42. The molecular formula is C17H14N2O. The molecule has 0 fully saturated rings. The number of rotatable bonds is 3. The molecule has 0 aliphatic heterocycles. The number of ether oxygens (including phenoxy) is 1. The molecule has 20 heavy (non-hydrogen) atoms. The molecule has 1 aromatic heterocycles. The molecule has 3 nitrogen and oxygen atoms in total. The molecule has 0 radical (unpaired) electrons. The Labute approximate surface area is 117 Å². The molecule has 0 atom stereocenters. The Hall–Kier alpha value is -2.68. The largest absolute Gasteiger partial charge is 0.497 e. The number of hydrogen-bond acceptors (Lipinski definition) is 3. The third-order valence-electron chi connectivity index (χ3n) is 3.09. The topological polar surface area (TPSA) is 35.0 Å². The van der Waals surface area contributed by atoms with Crippen molar-refractivity contribution < 1.29 is 4.74 Å². The Morgan fingerprint density at radius 3 is 1.95 bits per heavy atom. The minimum Gasteiger partial charge on any atom is -0.497 e. The summed E-state index contributed by atoms with van der Waals surface area (Å²) in [4.78, 5) is 8.95. The molecule has 0 aliphatic carbocycles. The predicted molar refractivity (Wildman–Crippen MR) is 79.5 cm³/mol. The maximum atomic E-state index is 5.16. The van der Waals surface area contributed by atoms with Gasteiger partial charge in [0.2, 0.25) is 0 Å². The Bertz CT molecular complexity index is 694. The zero-order valence-corrected chi connectivity index (χ0v) is 11.2. The highest BCUT2D eigenvalue weighted by atomic mass is 16.5. The number of benzene rings is 2. The number of nitrogens with zero attached hydrogens (tertiary/aromatic N) is 2. The lowest BCUT2D eigenvalue weighted by Gasteiger charge is -2.05. The van der Waals surface area contributed by atoms with Crippen molar-refractivity contribution in [2.24, 2.45) is 0 Å². The molecule has 3 rings (SSSR count). The quantitative estimate of drug-likeness (QED) is 0.719. The van der Waals surface area contributed by atoms with Crippen LogP contribution in [0.25, 0.3) is 22.5 Å². The molecule has 0 saturated heterocycles. The van der Waals surface area contributed by atoms with Gasteiger partial charge in [0.15, 0.2) is 0 Å². The number of hydrogen-bond donors (Lipinski definition) is 0. The maximum absolute atomic E-state index is 5.16. The SMILES string of the molecule is COc1ccc(-c2cncc(-c3ccccc3)n2)cc1. The summed E-state index contributed by atoms with van der Waals surface area (Å²) in [6, 6.07) is 17.9. The molecule has 1 heterocycles. The van der Waals surface area contributed by atoms with Gasteiger partial charge in [-0.1, -0.05) is 30.3 Å². The van der Waals surface area contributed by atoms with E-state index in [0.717, 1.165) is 28.3 Å². The summed E-state index contributed by atoms with van der Waals surface area (Å²) in [6.45, 7) is 0. The van der Waals surface area contributed by atoms with Gasteiger partial charge in [-0.25, -0.2) is 4.98 Å². The average molecular weight is 262 g/mol. The van der Waals surface area contributed by atoms with E-state index in [2.05, 4.69) is 9.97 Å². The van der Waals surface area contributed by atoms with Gasteiger partial charge in [-0.3, -0.25) is 4.98 Å². The van der Waals surface area contributed by atoms with Crippen molar-refractivity contribution in [1.82, 2.24) is 9.97 Å². The first kappa shape index (κ1) is 12.4. The zero-order valence-electron chi connectivity index (χ0n) is 11.2. The van der Waals surface area contributed by atoms with Crippen molar-refractivity contribution in [3.63, 3.8) is 0 Å². The second-order valence-corrected chi connectivity index (χ2v) is 4.38. The van der Waals surface area contributed by atoms with Gasteiger partial charge in [-0.15, -0.1) is 0 Å². The van der Waals surface area contributed by atoms with E-state index in [0.29, 0.717) is 0 Å². The van der Waals surface area contributed by atoms with Crippen molar-refractivity contribution in [2.75, 3.05) is 7.11 Å². The van der Waals surface area contributed by atoms with Crippen molar-refractivity contribution >= 4 is 0 Å². The molecule has 98 valence electrons. The first-order valence-corrected chi connectivity index (χ1v) is 6.39. The molecule has 0 bridgehead atoms. The first-order chi connectivity index (χ1) is 9.86. The van der Waals surface area contributed by atoms with Crippen LogP contribution in [0.15, 0.2) is 67.0 Å². The second kappa shape index (κ2) is 5.53. The smallest absolute Gasteiger partial charge is 0.118 e. The standard InChI is InChI=1S/C17H14N2O/c1-20-15-9-7-14(8-10-15)17-12-18-11-16(19-17)13-5-3-2-4-6-13/h2-12H,1H3. The van der Waals surface area contributed by atoms with Gasteiger partial charge in [-0.2, -0.15) is 0 Å². The lowest BCUT2D eigenvalue weighted by molar-refractivity contribution is 0.415. The van der Waals surface area contributed by atoms with Crippen LogP contribution in [0.4, 0.5) is 0 Å². The minimum absolute atomic E-state index is 0.834. The van der Waals surface area contributed by atoms with E-state index in [9.17, 15) is 0 Å². The first-order valence-electron chi connectivity index (χ1n) is 6.39. The van der Waals surface area contributed by atoms with Crippen molar-refractivity contribution in [2.45, 2.75) is 0 Å². The maximum Gasteiger partial charge on any atom is 0.118 e. The fourth-order valence-electron chi connectivity index (χ4n) is 2.01. The predicted octanol–water partition coefficient (Wildman–Crippen LogP) is 3.82. The molecule has 0 aliphatic rings. The Morgan fingerprint density at radius 1 is 0.750 bits per heavy atom. The summed E-state index contributed by atoms with van der Waals surface area (Å²) in [5, 5.41) is 0. The fraction of sp³-hybridized carbons (Fsp3) is 0.0588. The van der Waals surface area contributed by atoms with Crippen LogP contribution in [0.2, 0.25) is 0 Å². The third-order valence-corrected chi connectivity index (χ3v) is 3.09. The van der Waals surface area contributed by atoms with Crippen LogP contribution in [-0.4, -0.2) is 17.1 Å². The average Bonchev–Trinajstić information content (AvgIpc) is 2.56. The van der Waals surface area contributed by atoms with Gasteiger partial charge >= 0.3 is 0 Å². The summed E-state index contributed by atoms with van der Waals surface area (Å²) < 4.78 is 5.16. The van der Waals surface area contributed by atoms with Gasteiger partial charge in [0, 0.05) is 11.1 Å². The lowest BCUT2D eigenvalue weighted by Crippen LogP contribution is -1.90. The third kappa shape index (κ3) is 2.52. The Balaban J connectivity index is 1.98. The van der Waals surface area contributed by atoms with Gasteiger partial charge in [0.25, 0.3) is 0 Å². The van der Waals surface area contributed by atoms with E-state index in [1.807, 2.05) is 54.6 Å². The summed E-state index contributed by atoms with van der Waals surface area (Å²) in [7, 11) is 1.66. The molecule has 0 spiro atoms. The van der Waals surface area contributed by atoms with Crippen molar-refractivity contribution in [3.8, 4) is 28.3 Å². The van der Waals surface area contributed by atoms with E-state index in [1.54, 1.807) is 19.5 Å². The molecular weight excluding hydrogens is 248 g/mol. The summed E-state index contributed by atoms with van der Waals surface area (Å²) >= 11 is 0. The lowest BCUT2D eigenvalue weighted by atomic mass is 10.1. The van der Waals surface area contributed by atoms with E-state index in [-0.39, 0.29) is 0 Å². The van der Waals surface area contributed by atoms with Crippen LogP contribution in [-0.2, 0) is 0 Å². The van der Waals surface area contributed by atoms with Crippen molar-refractivity contribution in [3.05, 3.63) is 67.0 Å². The number of methoxy groups -OCH3 is 1. The van der Waals surface area contributed by atoms with Crippen LogP contribution in [0.5, 0.6) is 5.75 Å². The van der Waals surface area contributed by atoms with Gasteiger partial charge in [0.1, 0.15) is 5.75 Å². The van der Waals surface area contributed by atoms with Crippen LogP contribution >= 0.6 is 0 Å². The number of aromatic nitrogens is 2. The molecule has 0 unspecified atom stereocenters. The minimum atomic E-state index is 0.834. The van der Waals surface area contributed by atoms with Crippen LogP contribution in [0.1, 0.15) is 0 Å². The molecule has 0 amide bonds. The summed E-state index contributed by atoms with van der Waals surface area (Å²) in [5.41, 5.74) is 3.82. The summed E-state index contributed by atoms with van der Waals surface area (Å²) in [5.74, 6) is 0.834. The normalized spacial score (nSPS) is 10.2. The van der Waals surface area contributed by atoms with Crippen molar-refractivity contribution in [1.29, 1.82) is 0 Å². The second-order valence-electron chi connectivity index (χ2n) is 4.38. The molecule has 2 aromatic carbocycles. The van der Waals surface area contributed by atoms with Crippen LogP contribution in [0.3, 0.4) is 0 Å². The molecule has 0 N–H and O–H groups in total. The van der Waals surface area contributed by atoms with E-state index >= 15 is 0 Å². The van der Waals surface area contributed by atoms with Gasteiger partial charge in [-0.05, 0) is 24.3 Å². The zero-order chi connectivity index (χ0) is 13.8. The molecule has 0 saturated carbocycles. The highest BCUT2D eigenvalue weighted by molar-refractivity contribution is 5.64. The Morgan fingerprint density at radius 2 is 1.35 bits per heavy atom. The highest BCUT2D eigenvalue weighted by Crippen LogP contribution is 2.23. The van der Waals surface area contributed by atoms with Crippen LogP contribution in [0, 0.1) is 0 Å². The highest BCUT2D eigenvalue weighted by Gasteiger charge is 2.04. The van der Waals surface area contributed by atoms with E-state index in [4.69, 9.17) is 4.74 Å². The monoisotopic (exact) mass is 262 g/mol. The fourth-order valence-corrected chi connectivity index (χ4v) is 2.01. The molecule has 3 aromatic rings. The van der Waals surface area contributed by atoms with Gasteiger partial charge < -0.3 is 4.74 Å². The van der Waals surface area contributed by atoms with Gasteiger partial charge in [0.05, 0.1) is 30.9 Å². The van der Waals surface area contributed by atoms with E-state index < -0.39 is 0 Å². The van der Waals surface area contributed by atoms with E-state index in [1.165, 1.54) is 0 Å². The van der Waals surface area contributed by atoms with Crippen LogP contribution < -0.4 is 4.74 Å².